The summed E-state index contributed by atoms with van der Waals surface area (Å²) in [6.07, 6.45) is -1.17. The summed E-state index contributed by atoms with van der Waals surface area (Å²) in [6.45, 7) is 3.68. The monoisotopic (exact) mass is 420 g/mol. The van der Waals surface area contributed by atoms with Gasteiger partial charge < -0.3 is 15.6 Å². The first kappa shape index (κ1) is 20.5. The maximum absolute atomic E-state index is 12.9. The van der Waals surface area contributed by atoms with Crippen molar-refractivity contribution in [2.24, 2.45) is 12.8 Å². The number of carbonyl (C=O) groups is 1. The van der Waals surface area contributed by atoms with Crippen LogP contribution in [0.2, 0.25) is 5.02 Å². The first-order valence-corrected chi connectivity index (χ1v) is 8.69. The summed E-state index contributed by atoms with van der Waals surface area (Å²) in [5, 5.41) is 2.63. The highest BCUT2D eigenvalue weighted by Gasteiger charge is 2.33. The Morgan fingerprint density at radius 2 is 1.97 bits per heavy atom. The topological polar surface area (TPSA) is 72.9 Å². The summed E-state index contributed by atoms with van der Waals surface area (Å²) in [7, 11) is 1.80. The summed E-state index contributed by atoms with van der Waals surface area (Å²) in [5.74, 6) is -0.660. The Bertz CT molecular complexity index is 1110. The molecule has 3 rings (SSSR count). The Labute approximate surface area is 169 Å². The fraction of sp³-hybridized carbons (Fsp3) is 0.100. The van der Waals surface area contributed by atoms with Crippen molar-refractivity contribution in [1.29, 1.82) is 0 Å². The summed E-state index contributed by atoms with van der Waals surface area (Å²) >= 11 is 5.80. The molecule has 2 aromatic carbocycles. The number of primary amides is 1. The average Bonchev–Trinajstić information content (AvgIpc) is 3.06. The van der Waals surface area contributed by atoms with Gasteiger partial charge in [0.15, 0.2) is 0 Å². The standard InChI is InChI=1S/C20H16ClF3N4O/c1-11(19(25)29)12-3-6-17(14(7-12)18-9-28(2)10-26-18)27-13-4-5-15(16(21)8-13)20(22,23)24/h3-10,27H,1H2,2H3,(H2,25,29). The molecule has 29 heavy (non-hydrogen) atoms. The maximum atomic E-state index is 12.9. The van der Waals surface area contributed by atoms with Gasteiger partial charge in [-0.25, -0.2) is 4.98 Å². The molecule has 1 heterocycles. The molecular formula is C20H16ClF3N4O. The van der Waals surface area contributed by atoms with Crippen LogP contribution < -0.4 is 11.1 Å². The zero-order valence-electron chi connectivity index (χ0n) is 15.2. The number of amides is 1. The first-order chi connectivity index (χ1) is 13.6. The van der Waals surface area contributed by atoms with Crippen LogP contribution in [0.3, 0.4) is 0 Å². The van der Waals surface area contributed by atoms with Crippen LogP contribution in [0, 0.1) is 0 Å². The zero-order chi connectivity index (χ0) is 21.3. The van der Waals surface area contributed by atoms with Crippen molar-refractivity contribution < 1.29 is 18.0 Å². The quantitative estimate of drug-likeness (QED) is 0.570. The van der Waals surface area contributed by atoms with Crippen LogP contribution in [0.4, 0.5) is 24.5 Å². The van der Waals surface area contributed by atoms with Gasteiger partial charge in [-0.3, -0.25) is 4.79 Å². The Hall–Kier alpha value is -3.26. The molecule has 1 amide bonds. The van der Waals surface area contributed by atoms with Gasteiger partial charge in [0, 0.05) is 35.8 Å². The average molecular weight is 421 g/mol. The number of benzene rings is 2. The Kier molecular flexibility index (Phi) is 5.39. The van der Waals surface area contributed by atoms with Gasteiger partial charge in [-0.05, 0) is 35.9 Å². The number of alkyl halides is 3. The van der Waals surface area contributed by atoms with Gasteiger partial charge in [-0.15, -0.1) is 0 Å². The lowest BCUT2D eigenvalue weighted by atomic mass is 10.0. The van der Waals surface area contributed by atoms with Gasteiger partial charge in [0.25, 0.3) is 0 Å². The number of aryl methyl sites for hydroxylation is 1. The number of nitrogens with two attached hydrogens (primary N) is 1. The van der Waals surface area contributed by atoms with E-state index in [1.165, 1.54) is 12.1 Å². The number of nitrogens with zero attached hydrogens (tertiary/aromatic N) is 2. The van der Waals surface area contributed by atoms with Gasteiger partial charge in [0.1, 0.15) is 0 Å². The molecule has 3 aromatic rings. The minimum Gasteiger partial charge on any atom is -0.366 e. The van der Waals surface area contributed by atoms with Crippen LogP contribution in [0.1, 0.15) is 11.1 Å². The van der Waals surface area contributed by atoms with Crippen LogP contribution in [-0.4, -0.2) is 15.5 Å². The van der Waals surface area contributed by atoms with E-state index >= 15 is 0 Å². The van der Waals surface area contributed by atoms with Gasteiger partial charge in [-0.1, -0.05) is 24.2 Å². The van der Waals surface area contributed by atoms with Crippen molar-refractivity contribution in [2.75, 3.05) is 5.32 Å². The fourth-order valence-corrected chi connectivity index (χ4v) is 3.01. The molecule has 0 unspecified atom stereocenters. The molecule has 0 saturated carbocycles. The second kappa shape index (κ2) is 7.63. The van der Waals surface area contributed by atoms with Gasteiger partial charge >= 0.3 is 6.18 Å². The van der Waals surface area contributed by atoms with E-state index in [1.807, 2.05) is 0 Å². The summed E-state index contributed by atoms with van der Waals surface area (Å²) in [4.78, 5) is 15.8. The Morgan fingerprint density at radius 1 is 1.24 bits per heavy atom. The lowest BCUT2D eigenvalue weighted by Crippen LogP contribution is -2.12. The molecule has 0 spiro atoms. The van der Waals surface area contributed by atoms with E-state index in [-0.39, 0.29) is 5.57 Å². The summed E-state index contributed by atoms with van der Waals surface area (Å²) in [6, 6.07) is 8.38. The number of nitrogens with one attached hydrogen (secondary N) is 1. The molecule has 150 valence electrons. The second-order valence-corrected chi connectivity index (χ2v) is 6.75. The number of anilines is 2. The lowest BCUT2D eigenvalue weighted by Gasteiger charge is -2.15. The first-order valence-electron chi connectivity index (χ1n) is 8.31. The van der Waals surface area contributed by atoms with Crippen LogP contribution >= 0.6 is 11.6 Å². The van der Waals surface area contributed by atoms with Crippen LogP contribution in [0.25, 0.3) is 16.8 Å². The molecule has 1 aromatic heterocycles. The normalized spacial score (nSPS) is 11.3. The van der Waals surface area contributed by atoms with Crippen molar-refractivity contribution in [1.82, 2.24) is 9.55 Å². The van der Waals surface area contributed by atoms with Crippen molar-refractivity contribution in [2.45, 2.75) is 6.18 Å². The van der Waals surface area contributed by atoms with Crippen molar-refractivity contribution in [3.63, 3.8) is 0 Å². The molecule has 3 N–H and O–H groups in total. The fourth-order valence-electron chi connectivity index (χ4n) is 2.73. The van der Waals surface area contributed by atoms with Gasteiger partial charge in [-0.2, -0.15) is 13.2 Å². The highest BCUT2D eigenvalue weighted by Crippen LogP contribution is 2.37. The van der Waals surface area contributed by atoms with Gasteiger partial charge in [0.05, 0.1) is 22.6 Å². The highest BCUT2D eigenvalue weighted by atomic mass is 35.5. The molecule has 0 bridgehead atoms. The molecule has 0 aliphatic rings. The van der Waals surface area contributed by atoms with Crippen LogP contribution in [-0.2, 0) is 18.0 Å². The third kappa shape index (κ3) is 4.43. The molecule has 0 fully saturated rings. The Morgan fingerprint density at radius 3 is 2.52 bits per heavy atom. The summed E-state index contributed by atoms with van der Waals surface area (Å²) < 4.78 is 40.5. The van der Waals surface area contributed by atoms with E-state index in [2.05, 4.69) is 16.9 Å². The second-order valence-electron chi connectivity index (χ2n) is 6.34. The van der Waals surface area contributed by atoms with Crippen LogP contribution in [0.5, 0.6) is 0 Å². The molecule has 5 nitrogen and oxygen atoms in total. The minimum absolute atomic E-state index is 0.131. The third-order valence-corrected chi connectivity index (χ3v) is 4.51. The zero-order valence-corrected chi connectivity index (χ0v) is 16.0. The van der Waals surface area contributed by atoms with E-state index in [0.717, 1.165) is 6.07 Å². The largest absolute Gasteiger partial charge is 0.417 e. The molecule has 0 atom stereocenters. The van der Waals surface area contributed by atoms with E-state index in [9.17, 15) is 18.0 Å². The Balaban J connectivity index is 2.04. The number of hydrogen-bond acceptors (Lipinski definition) is 3. The number of rotatable bonds is 5. The molecule has 0 aliphatic heterocycles. The van der Waals surface area contributed by atoms with E-state index < -0.39 is 22.7 Å². The molecule has 0 radical (unpaired) electrons. The lowest BCUT2D eigenvalue weighted by molar-refractivity contribution is -0.137. The van der Waals surface area contributed by atoms with Crippen molar-refractivity contribution in [3.05, 3.63) is 71.7 Å². The maximum Gasteiger partial charge on any atom is 0.417 e. The number of halogens is 4. The number of carbonyl (C=O) groups excluding carboxylic acids is 1. The predicted molar refractivity (Wildman–Crippen MR) is 107 cm³/mol. The SMILES string of the molecule is C=C(C(N)=O)c1ccc(Nc2ccc(C(F)(F)F)c(Cl)c2)c(-c2cn(C)cn2)c1. The molecular weight excluding hydrogens is 405 g/mol. The van der Waals surface area contributed by atoms with Crippen molar-refractivity contribution in [3.8, 4) is 11.3 Å². The van der Waals surface area contributed by atoms with Gasteiger partial charge in [0.2, 0.25) is 5.91 Å². The van der Waals surface area contributed by atoms with E-state index in [0.29, 0.717) is 28.2 Å². The predicted octanol–water partition coefficient (Wildman–Crippen LogP) is 5.00. The molecule has 9 heteroatoms. The summed E-state index contributed by atoms with van der Waals surface area (Å²) in [5.41, 5.74) is 7.15. The van der Waals surface area contributed by atoms with E-state index in [4.69, 9.17) is 17.3 Å². The highest BCUT2D eigenvalue weighted by molar-refractivity contribution is 6.31. The van der Waals surface area contributed by atoms with Crippen LogP contribution in [0.15, 0.2) is 55.5 Å². The number of aromatic nitrogens is 2. The third-order valence-electron chi connectivity index (χ3n) is 4.20. The van der Waals surface area contributed by atoms with E-state index in [1.54, 1.807) is 42.3 Å². The molecule has 0 aliphatic carbocycles. The molecule has 0 saturated heterocycles. The number of imidazole rings is 1. The smallest absolute Gasteiger partial charge is 0.366 e. The van der Waals surface area contributed by atoms with Crippen molar-refractivity contribution >= 4 is 34.5 Å². The number of hydrogen-bond donors (Lipinski definition) is 2. The minimum atomic E-state index is -4.54.